The molecular formula is C15H20N2O2. The number of aryl methyl sites for hydroxylation is 1. The van der Waals surface area contributed by atoms with Crippen molar-refractivity contribution in [3.8, 4) is 0 Å². The summed E-state index contributed by atoms with van der Waals surface area (Å²) in [6.07, 6.45) is 4.12. The number of imidazole rings is 1. The van der Waals surface area contributed by atoms with Crippen LogP contribution in [0.15, 0.2) is 42.7 Å². The second-order valence-electron chi connectivity index (χ2n) is 4.64. The van der Waals surface area contributed by atoms with Crippen molar-refractivity contribution in [2.75, 3.05) is 13.7 Å². The fraction of sp³-hybridized carbons (Fsp3) is 0.400. The van der Waals surface area contributed by atoms with Gasteiger partial charge in [0.15, 0.2) is 0 Å². The number of aromatic nitrogens is 2. The van der Waals surface area contributed by atoms with E-state index in [0.29, 0.717) is 6.42 Å². The lowest BCUT2D eigenvalue weighted by Gasteiger charge is -2.27. The molecule has 0 aliphatic rings. The van der Waals surface area contributed by atoms with Crippen LogP contribution in [0.5, 0.6) is 0 Å². The molecule has 4 nitrogen and oxygen atoms in total. The summed E-state index contributed by atoms with van der Waals surface area (Å²) in [6.45, 7) is 3.14. The van der Waals surface area contributed by atoms with Gasteiger partial charge in [0, 0.05) is 32.5 Å². The van der Waals surface area contributed by atoms with E-state index in [9.17, 15) is 5.11 Å². The number of benzene rings is 1. The highest BCUT2D eigenvalue weighted by Gasteiger charge is 2.31. The van der Waals surface area contributed by atoms with Crippen molar-refractivity contribution in [3.05, 3.63) is 54.1 Å². The zero-order valence-corrected chi connectivity index (χ0v) is 11.4. The monoisotopic (exact) mass is 260 g/mol. The lowest BCUT2D eigenvalue weighted by molar-refractivity contribution is -0.0373. The van der Waals surface area contributed by atoms with Gasteiger partial charge in [-0.2, -0.15) is 0 Å². The van der Waals surface area contributed by atoms with Crippen molar-refractivity contribution in [1.82, 2.24) is 9.55 Å². The molecule has 0 saturated carbocycles. The Morgan fingerprint density at radius 2 is 2.05 bits per heavy atom. The van der Waals surface area contributed by atoms with E-state index in [1.807, 2.05) is 41.1 Å². The molecule has 1 unspecified atom stereocenters. The maximum atomic E-state index is 10.9. The molecule has 1 heterocycles. The summed E-state index contributed by atoms with van der Waals surface area (Å²) in [5.41, 5.74) is -0.198. The minimum absolute atomic E-state index is 0.244. The van der Waals surface area contributed by atoms with Crippen LogP contribution in [-0.4, -0.2) is 28.4 Å². The van der Waals surface area contributed by atoms with E-state index >= 15 is 0 Å². The van der Waals surface area contributed by atoms with Gasteiger partial charge in [-0.1, -0.05) is 30.3 Å². The number of aliphatic hydroxyl groups is 1. The fourth-order valence-electron chi connectivity index (χ4n) is 2.28. The Morgan fingerprint density at radius 1 is 1.32 bits per heavy atom. The topological polar surface area (TPSA) is 47.3 Å². The molecule has 0 amide bonds. The predicted octanol–water partition coefficient (Wildman–Crippen LogP) is 1.98. The number of nitrogens with zero attached hydrogens (tertiary/aromatic N) is 2. The van der Waals surface area contributed by atoms with Crippen molar-refractivity contribution in [1.29, 1.82) is 0 Å². The Morgan fingerprint density at radius 3 is 2.68 bits per heavy atom. The summed E-state index contributed by atoms with van der Waals surface area (Å²) in [5, 5.41) is 10.9. The molecule has 1 aromatic heterocycles. The SMILES string of the molecule is CCn1ccnc1CC(O)(COC)c1ccccc1. The largest absolute Gasteiger partial charge is 0.382 e. The molecule has 1 atom stereocenters. The number of hydrogen-bond donors (Lipinski definition) is 1. The molecule has 0 aliphatic heterocycles. The van der Waals surface area contributed by atoms with Crippen molar-refractivity contribution in [2.45, 2.75) is 25.5 Å². The lowest BCUT2D eigenvalue weighted by Crippen LogP contribution is -2.34. The first kappa shape index (κ1) is 13.8. The predicted molar refractivity (Wildman–Crippen MR) is 73.8 cm³/mol. The van der Waals surface area contributed by atoms with Gasteiger partial charge in [-0.05, 0) is 12.5 Å². The zero-order valence-electron chi connectivity index (χ0n) is 11.4. The average Bonchev–Trinajstić information content (AvgIpc) is 2.87. The minimum atomic E-state index is -1.05. The van der Waals surface area contributed by atoms with Crippen LogP contribution in [-0.2, 0) is 23.3 Å². The third kappa shape index (κ3) is 3.03. The highest BCUT2D eigenvalue weighted by Crippen LogP contribution is 2.25. The zero-order chi connectivity index (χ0) is 13.7. The third-order valence-electron chi connectivity index (χ3n) is 3.29. The van der Waals surface area contributed by atoms with E-state index in [-0.39, 0.29) is 6.61 Å². The molecule has 19 heavy (non-hydrogen) atoms. The van der Waals surface area contributed by atoms with Crippen molar-refractivity contribution < 1.29 is 9.84 Å². The molecule has 2 rings (SSSR count). The first-order chi connectivity index (χ1) is 9.19. The van der Waals surface area contributed by atoms with Gasteiger partial charge in [0.05, 0.1) is 6.61 Å². The summed E-state index contributed by atoms with van der Waals surface area (Å²) < 4.78 is 7.23. The quantitative estimate of drug-likeness (QED) is 0.864. The van der Waals surface area contributed by atoms with Crippen LogP contribution in [0.4, 0.5) is 0 Å². The van der Waals surface area contributed by atoms with Gasteiger partial charge in [-0.3, -0.25) is 0 Å². The summed E-state index contributed by atoms with van der Waals surface area (Å²) in [4.78, 5) is 4.33. The second kappa shape index (κ2) is 5.99. The Bertz CT molecular complexity index is 510. The summed E-state index contributed by atoms with van der Waals surface area (Å²) in [6, 6.07) is 9.60. The molecule has 0 bridgehead atoms. The Labute approximate surface area is 113 Å². The lowest BCUT2D eigenvalue weighted by atomic mass is 9.91. The van der Waals surface area contributed by atoms with Crippen molar-refractivity contribution >= 4 is 0 Å². The van der Waals surface area contributed by atoms with Gasteiger partial charge in [-0.15, -0.1) is 0 Å². The molecule has 0 aliphatic carbocycles. The second-order valence-corrected chi connectivity index (χ2v) is 4.64. The minimum Gasteiger partial charge on any atom is -0.382 e. The van der Waals surface area contributed by atoms with E-state index in [4.69, 9.17) is 4.74 Å². The molecule has 102 valence electrons. The van der Waals surface area contributed by atoms with E-state index < -0.39 is 5.60 Å². The van der Waals surface area contributed by atoms with Crippen molar-refractivity contribution in [3.63, 3.8) is 0 Å². The highest BCUT2D eigenvalue weighted by molar-refractivity contribution is 5.24. The fourth-order valence-corrected chi connectivity index (χ4v) is 2.28. The van der Waals surface area contributed by atoms with Gasteiger partial charge >= 0.3 is 0 Å². The molecule has 0 fully saturated rings. The van der Waals surface area contributed by atoms with Crippen LogP contribution in [0.25, 0.3) is 0 Å². The number of ether oxygens (including phenoxy) is 1. The van der Waals surface area contributed by atoms with E-state index in [2.05, 4.69) is 11.9 Å². The summed E-state index contributed by atoms with van der Waals surface area (Å²) in [7, 11) is 1.60. The van der Waals surface area contributed by atoms with Crippen LogP contribution in [0.1, 0.15) is 18.3 Å². The van der Waals surface area contributed by atoms with Crippen LogP contribution in [0, 0.1) is 0 Å². The van der Waals surface area contributed by atoms with Crippen LogP contribution in [0.3, 0.4) is 0 Å². The number of hydrogen-bond acceptors (Lipinski definition) is 3. The van der Waals surface area contributed by atoms with Gasteiger partial charge in [0.2, 0.25) is 0 Å². The highest BCUT2D eigenvalue weighted by atomic mass is 16.5. The van der Waals surface area contributed by atoms with E-state index in [1.165, 1.54) is 0 Å². The third-order valence-corrected chi connectivity index (χ3v) is 3.29. The smallest absolute Gasteiger partial charge is 0.120 e. The van der Waals surface area contributed by atoms with Crippen LogP contribution in [0.2, 0.25) is 0 Å². The molecule has 2 aromatic rings. The molecule has 0 saturated heterocycles. The van der Waals surface area contributed by atoms with Crippen LogP contribution < -0.4 is 0 Å². The Kier molecular flexibility index (Phi) is 4.35. The Balaban J connectivity index is 2.30. The number of methoxy groups -OCH3 is 1. The molecular weight excluding hydrogens is 240 g/mol. The standard InChI is InChI=1S/C15H20N2O2/c1-3-17-10-9-16-14(17)11-15(18,12-19-2)13-7-5-4-6-8-13/h4-10,18H,3,11-12H2,1-2H3. The maximum Gasteiger partial charge on any atom is 0.120 e. The summed E-state index contributed by atoms with van der Waals surface area (Å²) in [5.74, 6) is 0.867. The molecule has 1 aromatic carbocycles. The molecule has 0 radical (unpaired) electrons. The van der Waals surface area contributed by atoms with Gasteiger partial charge in [0.25, 0.3) is 0 Å². The average molecular weight is 260 g/mol. The normalized spacial score (nSPS) is 14.3. The summed E-state index contributed by atoms with van der Waals surface area (Å²) >= 11 is 0. The van der Waals surface area contributed by atoms with Gasteiger partial charge in [0.1, 0.15) is 11.4 Å². The molecule has 0 spiro atoms. The molecule has 4 heteroatoms. The first-order valence-corrected chi connectivity index (χ1v) is 6.46. The molecule has 1 N–H and O–H groups in total. The van der Waals surface area contributed by atoms with E-state index in [0.717, 1.165) is 17.9 Å². The maximum absolute atomic E-state index is 10.9. The van der Waals surface area contributed by atoms with Crippen LogP contribution >= 0.6 is 0 Å². The van der Waals surface area contributed by atoms with Gasteiger partial charge < -0.3 is 14.4 Å². The first-order valence-electron chi connectivity index (χ1n) is 6.46. The van der Waals surface area contributed by atoms with E-state index in [1.54, 1.807) is 13.3 Å². The van der Waals surface area contributed by atoms with Crippen molar-refractivity contribution in [2.24, 2.45) is 0 Å². The Hall–Kier alpha value is -1.65. The number of rotatable bonds is 6. The van der Waals surface area contributed by atoms with Gasteiger partial charge in [-0.25, -0.2) is 4.98 Å².